The summed E-state index contributed by atoms with van der Waals surface area (Å²) in [4.78, 5) is 9.10. The number of rotatable bonds is 8. The van der Waals surface area contributed by atoms with Crippen molar-refractivity contribution in [3.05, 3.63) is 16.5 Å². The number of anilines is 1. The first kappa shape index (κ1) is 16.5. The zero-order chi connectivity index (χ0) is 15.5. The Morgan fingerprint density at radius 3 is 2.57 bits per heavy atom. The Bertz CT molecular complexity index is 481. The van der Waals surface area contributed by atoms with Gasteiger partial charge in [-0.15, -0.1) is 0 Å². The van der Waals surface area contributed by atoms with E-state index in [0.717, 1.165) is 23.8 Å². The van der Waals surface area contributed by atoms with E-state index >= 15 is 0 Å². The van der Waals surface area contributed by atoms with Gasteiger partial charge in [-0.3, -0.25) is 0 Å². The number of nitrogens with one attached hydrogen (secondary N) is 1. The summed E-state index contributed by atoms with van der Waals surface area (Å²) in [5.41, 5.74) is 1.24. The van der Waals surface area contributed by atoms with Crippen molar-refractivity contribution in [3.63, 3.8) is 0 Å². The zero-order valence-electron chi connectivity index (χ0n) is 13.8. The van der Waals surface area contributed by atoms with E-state index in [4.69, 9.17) is 11.6 Å². The van der Waals surface area contributed by atoms with Crippen LogP contribution in [0.25, 0.3) is 0 Å². The molecule has 1 aromatic rings. The van der Waals surface area contributed by atoms with Gasteiger partial charge in [-0.05, 0) is 31.6 Å². The van der Waals surface area contributed by atoms with Crippen molar-refractivity contribution in [2.45, 2.75) is 72.1 Å². The molecule has 3 nitrogen and oxygen atoms in total. The summed E-state index contributed by atoms with van der Waals surface area (Å²) in [6.45, 7) is 9.79. The lowest BCUT2D eigenvalue weighted by molar-refractivity contribution is 0.342. The minimum atomic E-state index is 0.277. The van der Waals surface area contributed by atoms with Crippen LogP contribution < -0.4 is 5.32 Å². The van der Waals surface area contributed by atoms with E-state index in [1.165, 1.54) is 38.5 Å². The second kappa shape index (κ2) is 6.95. The van der Waals surface area contributed by atoms with Crippen LogP contribution in [0.15, 0.2) is 0 Å². The molecule has 0 unspecified atom stereocenters. The molecule has 2 rings (SSSR count). The third kappa shape index (κ3) is 4.84. The summed E-state index contributed by atoms with van der Waals surface area (Å²) in [6.07, 6.45) is 7.51. The Kier molecular flexibility index (Phi) is 5.48. The molecule has 0 radical (unpaired) electrons. The molecule has 0 atom stereocenters. The quantitative estimate of drug-likeness (QED) is 0.520. The zero-order valence-corrected chi connectivity index (χ0v) is 14.6. The number of aromatic nitrogens is 2. The van der Waals surface area contributed by atoms with Crippen molar-refractivity contribution in [3.8, 4) is 0 Å². The second-order valence-electron chi connectivity index (χ2n) is 7.10. The number of halogens is 1. The molecule has 118 valence electrons. The number of unbranched alkanes of at least 4 members (excludes halogenated alkanes) is 2. The molecular formula is C17H28ClN3. The van der Waals surface area contributed by atoms with Crippen LogP contribution in [-0.4, -0.2) is 16.5 Å². The van der Waals surface area contributed by atoms with Crippen LogP contribution in [0.3, 0.4) is 0 Å². The molecule has 0 aromatic carbocycles. The van der Waals surface area contributed by atoms with E-state index in [9.17, 15) is 0 Å². The summed E-state index contributed by atoms with van der Waals surface area (Å²) < 4.78 is 0. The smallest absolute Gasteiger partial charge is 0.137 e. The highest BCUT2D eigenvalue weighted by atomic mass is 35.5. The maximum atomic E-state index is 6.25. The van der Waals surface area contributed by atoms with Crippen LogP contribution >= 0.6 is 11.6 Å². The molecule has 21 heavy (non-hydrogen) atoms. The predicted molar refractivity (Wildman–Crippen MR) is 90.2 cm³/mol. The Balaban J connectivity index is 1.98. The van der Waals surface area contributed by atoms with Crippen molar-refractivity contribution < 1.29 is 0 Å². The molecule has 1 aromatic heterocycles. The summed E-state index contributed by atoms with van der Waals surface area (Å²) >= 11 is 6.25. The molecule has 1 fully saturated rings. The number of hydrogen-bond acceptors (Lipinski definition) is 3. The maximum Gasteiger partial charge on any atom is 0.137 e. The fourth-order valence-electron chi connectivity index (χ4n) is 2.47. The van der Waals surface area contributed by atoms with Crippen LogP contribution in [0.1, 0.15) is 76.6 Å². The van der Waals surface area contributed by atoms with Gasteiger partial charge < -0.3 is 5.32 Å². The van der Waals surface area contributed by atoms with Gasteiger partial charge in [0.25, 0.3) is 0 Å². The molecule has 0 bridgehead atoms. The van der Waals surface area contributed by atoms with Gasteiger partial charge in [-0.2, -0.15) is 0 Å². The molecule has 1 aliphatic carbocycles. The topological polar surface area (TPSA) is 37.8 Å². The van der Waals surface area contributed by atoms with Crippen LogP contribution in [-0.2, 0) is 0 Å². The average Bonchev–Trinajstić information content (AvgIpc) is 3.25. The highest BCUT2D eigenvalue weighted by Gasteiger charge is 2.28. The van der Waals surface area contributed by atoms with Gasteiger partial charge in [0.05, 0.1) is 0 Å². The van der Waals surface area contributed by atoms with E-state index in [1.807, 2.05) is 6.92 Å². The Hall–Kier alpha value is -0.830. The molecule has 1 aliphatic rings. The molecule has 0 aliphatic heterocycles. The standard InChI is InChI=1S/C17H28ClN3/c1-5-6-7-10-17(3,4)11-19-15-12(2)14(18)20-16(21-15)13-8-9-13/h13H,5-11H2,1-4H3,(H,19,20,21). The van der Waals surface area contributed by atoms with E-state index in [-0.39, 0.29) is 5.41 Å². The molecule has 1 saturated carbocycles. The maximum absolute atomic E-state index is 6.25. The van der Waals surface area contributed by atoms with Crippen LogP contribution in [0.5, 0.6) is 0 Å². The molecule has 0 saturated heterocycles. The summed E-state index contributed by atoms with van der Waals surface area (Å²) in [5, 5.41) is 4.10. The van der Waals surface area contributed by atoms with Gasteiger partial charge in [0.15, 0.2) is 0 Å². The van der Waals surface area contributed by atoms with Gasteiger partial charge in [-0.25, -0.2) is 9.97 Å². The molecule has 0 spiro atoms. The first-order valence-corrected chi connectivity index (χ1v) is 8.58. The fraction of sp³-hybridized carbons (Fsp3) is 0.765. The van der Waals surface area contributed by atoms with Gasteiger partial charge >= 0.3 is 0 Å². The van der Waals surface area contributed by atoms with Crippen LogP contribution in [0, 0.1) is 12.3 Å². The minimum absolute atomic E-state index is 0.277. The van der Waals surface area contributed by atoms with Crippen molar-refractivity contribution in [1.29, 1.82) is 0 Å². The molecule has 1 heterocycles. The first-order chi connectivity index (χ1) is 9.93. The average molecular weight is 310 g/mol. The molecular weight excluding hydrogens is 282 g/mol. The highest BCUT2D eigenvalue weighted by Crippen LogP contribution is 2.39. The minimum Gasteiger partial charge on any atom is -0.369 e. The summed E-state index contributed by atoms with van der Waals surface area (Å²) in [5.74, 6) is 2.36. The number of hydrogen-bond donors (Lipinski definition) is 1. The van der Waals surface area contributed by atoms with E-state index in [1.54, 1.807) is 0 Å². The molecule has 4 heteroatoms. The Morgan fingerprint density at radius 2 is 1.95 bits per heavy atom. The monoisotopic (exact) mass is 309 g/mol. The van der Waals surface area contributed by atoms with Gasteiger partial charge in [0.2, 0.25) is 0 Å². The Morgan fingerprint density at radius 1 is 1.24 bits per heavy atom. The van der Waals surface area contributed by atoms with E-state index in [0.29, 0.717) is 11.1 Å². The number of nitrogens with zero attached hydrogens (tertiary/aromatic N) is 2. The van der Waals surface area contributed by atoms with Crippen LogP contribution in [0.2, 0.25) is 5.15 Å². The first-order valence-electron chi connectivity index (χ1n) is 8.21. The normalized spacial score (nSPS) is 15.3. The highest BCUT2D eigenvalue weighted by molar-refractivity contribution is 6.30. The van der Waals surface area contributed by atoms with Crippen molar-refractivity contribution in [2.24, 2.45) is 5.41 Å². The van der Waals surface area contributed by atoms with Crippen molar-refractivity contribution >= 4 is 17.4 Å². The summed E-state index contributed by atoms with van der Waals surface area (Å²) in [7, 11) is 0. The predicted octanol–water partition coefficient (Wildman–Crippen LogP) is 5.33. The van der Waals surface area contributed by atoms with Gasteiger partial charge in [0, 0.05) is 18.0 Å². The van der Waals surface area contributed by atoms with Crippen LogP contribution in [0.4, 0.5) is 5.82 Å². The van der Waals surface area contributed by atoms with Gasteiger partial charge in [0.1, 0.15) is 16.8 Å². The lowest BCUT2D eigenvalue weighted by atomic mass is 9.87. The second-order valence-corrected chi connectivity index (χ2v) is 7.45. The van der Waals surface area contributed by atoms with E-state index < -0.39 is 0 Å². The largest absolute Gasteiger partial charge is 0.369 e. The molecule has 0 amide bonds. The van der Waals surface area contributed by atoms with Crippen molar-refractivity contribution in [1.82, 2.24) is 9.97 Å². The molecule has 1 N–H and O–H groups in total. The van der Waals surface area contributed by atoms with E-state index in [2.05, 4.69) is 36.1 Å². The Labute approximate surface area is 133 Å². The van der Waals surface area contributed by atoms with Crippen molar-refractivity contribution in [2.75, 3.05) is 11.9 Å². The third-order valence-corrected chi connectivity index (χ3v) is 4.61. The lowest BCUT2D eigenvalue weighted by Crippen LogP contribution is -2.24. The fourth-order valence-corrected chi connectivity index (χ4v) is 2.64. The third-order valence-electron chi connectivity index (χ3n) is 4.24. The lowest BCUT2D eigenvalue weighted by Gasteiger charge is -2.26. The van der Waals surface area contributed by atoms with Gasteiger partial charge in [-0.1, -0.05) is 51.6 Å². The SMILES string of the molecule is CCCCCC(C)(C)CNc1nc(C2CC2)nc(Cl)c1C. The summed E-state index contributed by atoms with van der Waals surface area (Å²) in [6, 6.07) is 0.